The minimum atomic E-state index is -3.69. The quantitative estimate of drug-likeness (QED) is 0.107. The van der Waals surface area contributed by atoms with Gasteiger partial charge in [-0.1, -0.05) is 83.1 Å². The predicted molar refractivity (Wildman–Crippen MR) is 283 cm³/mol. The van der Waals surface area contributed by atoms with Crippen molar-refractivity contribution in [2.75, 3.05) is 53.2 Å². The number of nitrogens with one attached hydrogen (secondary N) is 4. The Morgan fingerprint density at radius 1 is 0.627 bits per heavy atom. The number of benzene rings is 4. The molecule has 12 rings (SSSR count). The molecule has 5 unspecified atom stereocenters. The summed E-state index contributed by atoms with van der Waals surface area (Å²) in [6.07, 6.45) is 2.90. The number of fused-ring (bicyclic) bond motifs is 2. The Morgan fingerprint density at radius 3 is 1.55 bits per heavy atom. The molecule has 4 aromatic carbocycles. The molecule has 4 bridgehead atoms. The molecular weight excluding hydrogens is 1000 g/mol. The molecule has 4 heterocycles. The average molecular weight is 1070 g/mol. The molecule has 2 fully saturated rings. The van der Waals surface area contributed by atoms with Crippen molar-refractivity contribution in [1.29, 1.82) is 0 Å². The fraction of sp³-hybridized carbons (Fsp3) is 0.434. The number of aryl methyl sites for hydroxylation is 2. The summed E-state index contributed by atoms with van der Waals surface area (Å²) in [6, 6.07) is 22.0. The molecule has 2 aromatic heterocycles. The summed E-state index contributed by atoms with van der Waals surface area (Å²) >= 11 is 0. The van der Waals surface area contributed by atoms with Gasteiger partial charge in [0.25, 0.3) is 0 Å². The van der Waals surface area contributed by atoms with Crippen molar-refractivity contribution < 1.29 is 45.5 Å². The zero-order valence-electron chi connectivity index (χ0n) is 43.5. The van der Waals surface area contributed by atoms with E-state index in [4.69, 9.17) is 19.4 Å². The first kappa shape index (κ1) is 53.0. The number of rotatable bonds is 12. The number of hydrogen-bond donors (Lipinski definition) is 4. The molecule has 6 aromatic rings. The average Bonchev–Trinajstić information content (AvgIpc) is 4.20. The highest BCUT2D eigenvalue weighted by molar-refractivity contribution is 7.88. The summed E-state index contributed by atoms with van der Waals surface area (Å²) in [6.45, 7) is 8.96. The van der Waals surface area contributed by atoms with E-state index < -0.39 is 68.2 Å². The van der Waals surface area contributed by atoms with Crippen molar-refractivity contribution in [3.63, 3.8) is 0 Å². The molecule has 2 saturated heterocycles. The summed E-state index contributed by atoms with van der Waals surface area (Å²) in [7, 11) is -4.95. The van der Waals surface area contributed by atoms with Gasteiger partial charge in [0.2, 0.25) is 31.9 Å². The molecule has 75 heavy (non-hydrogen) atoms. The number of carbonyl (C=O) groups is 4. The number of ether oxygens (including phenoxy) is 2. The van der Waals surface area contributed by atoms with Crippen molar-refractivity contribution in [2.45, 2.75) is 84.0 Å². The largest absolute Gasteiger partial charge is 0.453 e. The van der Waals surface area contributed by atoms with Gasteiger partial charge in [0, 0.05) is 13.1 Å². The maximum atomic E-state index is 14.1. The molecule has 0 radical (unpaired) electrons. The van der Waals surface area contributed by atoms with Crippen LogP contribution in [0.15, 0.2) is 72.8 Å². The van der Waals surface area contributed by atoms with E-state index in [-0.39, 0.29) is 44.2 Å². The maximum Gasteiger partial charge on any atom is 0.407 e. The fourth-order valence-electron chi connectivity index (χ4n) is 10.4. The lowest BCUT2D eigenvalue weighted by Crippen LogP contribution is -2.51. The number of aromatic nitrogens is 4. The van der Waals surface area contributed by atoms with Crippen LogP contribution in [0.4, 0.5) is 9.59 Å². The Kier molecular flexibility index (Phi) is 14.6. The summed E-state index contributed by atoms with van der Waals surface area (Å²) < 4.78 is 63.4. The second-order valence-electron chi connectivity index (χ2n) is 20.7. The number of nitrogens with zero attached hydrogens (tertiary/aromatic N) is 6. The highest BCUT2D eigenvalue weighted by Crippen LogP contribution is 2.38. The predicted octanol–water partition coefficient (Wildman–Crippen LogP) is 6.18. The van der Waals surface area contributed by atoms with Gasteiger partial charge < -0.3 is 39.9 Å². The van der Waals surface area contributed by atoms with Crippen molar-refractivity contribution >= 4 is 66.1 Å². The number of aromatic amines is 2. The Bertz CT molecular complexity index is 3450. The molecule has 4 aliphatic carbocycles. The lowest BCUT2D eigenvalue weighted by Gasteiger charge is -2.29. The second kappa shape index (κ2) is 20.7. The van der Waals surface area contributed by atoms with Crippen LogP contribution in [0.2, 0.25) is 0 Å². The van der Waals surface area contributed by atoms with E-state index in [1.807, 2.05) is 36.4 Å². The number of hydrogen-bond acceptors (Lipinski definition) is 12. The fourth-order valence-corrected chi connectivity index (χ4v) is 11.9. The van der Waals surface area contributed by atoms with Crippen molar-refractivity contribution in [3.05, 3.63) is 107 Å². The number of carbonyl (C=O) groups excluding carboxylic acids is 4. The standard InChI is InChI=1S/C53H64N10O10S2/c1-29(2)46(58-52(66)72-6)50(64)62-27-60(74(8,68)69)25-44(62)48-54-40-18-16-36(23-42(40)56-48)38-21-32-10-12-33-14-15-34(31(5)20-35(38)13-11-32)22-39(33)37-17-19-41-43(24-37)57-49(55-41)45-26-61(75(9,70)71)28-63(45)51(65)47(30(3)4)59-53(67)73-7/h11,13-19,21-24,29-31,44-47H,10,12,20,25-28H2,1-9H3,(H,54,56)(H,55,57)(H,58,66)(H,59,67). The number of methoxy groups -OCH3 is 2. The number of alkyl carbamates (subject to hydrolysis) is 2. The van der Waals surface area contributed by atoms with Gasteiger partial charge in [-0.15, -0.1) is 0 Å². The molecule has 6 aliphatic rings. The SMILES string of the molecule is COC(=O)NC(C(=O)N1CN(S(C)(=O)=O)CC1c1nc2ccc(-c3cc4ccc3CCc3ccc(c(-c5ccc6nc(C7CN(S(C)(=O)=O)CN7C(=O)C(NC(=O)OC)C(C)C)[nH]c6c5)c3)CC4C)cc2[nH]1)C(C)C. The second-order valence-corrected chi connectivity index (χ2v) is 24.6. The third-order valence-corrected chi connectivity index (χ3v) is 17.2. The Balaban J connectivity index is 0.991. The number of sulfonamides is 2. The molecule has 20 nitrogen and oxygen atoms in total. The molecule has 5 atom stereocenters. The minimum Gasteiger partial charge on any atom is -0.453 e. The number of H-pyrrole nitrogens is 2. The van der Waals surface area contributed by atoms with E-state index in [1.54, 1.807) is 27.7 Å². The first-order valence-corrected chi connectivity index (χ1v) is 28.7. The highest BCUT2D eigenvalue weighted by atomic mass is 32.2. The van der Waals surface area contributed by atoms with Gasteiger partial charge in [0.15, 0.2) is 0 Å². The van der Waals surface area contributed by atoms with Crippen LogP contribution >= 0.6 is 0 Å². The van der Waals surface area contributed by atoms with Crippen LogP contribution in [0.3, 0.4) is 0 Å². The monoisotopic (exact) mass is 1060 g/mol. The third-order valence-electron chi connectivity index (χ3n) is 14.8. The lowest BCUT2D eigenvalue weighted by atomic mass is 9.84. The summed E-state index contributed by atoms with van der Waals surface area (Å²) in [5.41, 5.74) is 11.5. The van der Waals surface area contributed by atoms with E-state index in [1.165, 1.54) is 32.6 Å². The lowest BCUT2D eigenvalue weighted by molar-refractivity contribution is -0.136. The number of imidazole rings is 2. The van der Waals surface area contributed by atoms with Crippen LogP contribution in [0.1, 0.15) is 86.5 Å². The van der Waals surface area contributed by atoms with Crippen LogP contribution in [0, 0.1) is 11.8 Å². The Morgan fingerprint density at radius 2 is 1.09 bits per heavy atom. The summed E-state index contributed by atoms with van der Waals surface area (Å²) in [5.74, 6) is -0.583. The zero-order valence-corrected chi connectivity index (χ0v) is 45.1. The van der Waals surface area contributed by atoms with Gasteiger partial charge >= 0.3 is 12.2 Å². The van der Waals surface area contributed by atoms with Crippen LogP contribution in [-0.2, 0) is 58.4 Å². The molecule has 4 N–H and O–H groups in total. The Labute approximate surface area is 436 Å². The number of amides is 4. The van der Waals surface area contributed by atoms with E-state index in [0.717, 1.165) is 87.3 Å². The van der Waals surface area contributed by atoms with Crippen LogP contribution in [0.25, 0.3) is 44.3 Å². The van der Waals surface area contributed by atoms with Crippen LogP contribution in [-0.4, -0.2) is 144 Å². The van der Waals surface area contributed by atoms with E-state index >= 15 is 0 Å². The van der Waals surface area contributed by atoms with E-state index in [0.29, 0.717) is 22.7 Å². The smallest absolute Gasteiger partial charge is 0.407 e. The van der Waals surface area contributed by atoms with Gasteiger partial charge in [-0.25, -0.2) is 36.4 Å². The topological polar surface area (TPSA) is 249 Å². The molecular formula is C53H64N10O10S2. The molecule has 22 heteroatoms. The normalized spacial score (nSPS) is 19.4. The zero-order chi connectivity index (χ0) is 53.8. The molecule has 398 valence electrons. The van der Waals surface area contributed by atoms with Gasteiger partial charge in [-0.05, 0) is 106 Å². The van der Waals surface area contributed by atoms with Crippen molar-refractivity contribution in [3.8, 4) is 22.3 Å². The van der Waals surface area contributed by atoms with Crippen LogP contribution in [0.5, 0.6) is 0 Å². The molecule has 0 spiro atoms. The molecule has 0 saturated carbocycles. The van der Waals surface area contributed by atoms with Gasteiger partial charge in [0.1, 0.15) is 35.8 Å². The van der Waals surface area contributed by atoms with E-state index in [9.17, 15) is 36.0 Å². The van der Waals surface area contributed by atoms with Gasteiger partial charge in [-0.3, -0.25) is 9.59 Å². The van der Waals surface area contributed by atoms with Crippen molar-refractivity contribution in [2.24, 2.45) is 11.8 Å². The Hall–Kier alpha value is -6.88. The molecule has 4 amide bonds. The third kappa shape index (κ3) is 10.8. The minimum absolute atomic E-state index is 0.0129. The van der Waals surface area contributed by atoms with Gasteiger partial charge in [-0.2, -0.15) is 8.61 Å². The first-order valence-electron chi connectivity index (χ1n) is 25.0. The van der Waals surface area contributed by atoms with E-state index in [2.05, 4.69) is 63.9 Å². The van der Waals surface area contributed by atoms with Crippen LogP contribution < -0.4 is 10.6 Å². The highest BCUT2D eigenvalue weighted by Gasteiger charge is 2.45. The summed E-state index contributed by atoms with van der Waals surface area (Å²) in [5, 5.41) is 5.23. The van der Waals surface area contributed by atoms with Gasteiger partial charge in [0.05, 0.1) is 62.1 Å². The summed E-state index contributed by atoms with van der Waals surface area (Å²) in [4.78, 5) is 72.2. The maximum absolute atomic E-state index is 14.1. The first-order chi connectivity index (χ1) is 35.5. The molecule has 2 aliphatic heterocycles. The van der Waals surface area contributed by atoms with Crippen molar-refractivity contribution in [1.82, 2.24) is 49.0 Å².